The number of hydrogen-bond donors (Lipinski definition) is 1. The maximum atomic E-state index is 12.8. The molecule has 2 unspecified atom stereocenters. The highest BCUT2D eigenvalue weighted by atomic mass is 32.2. The molecular formula is C31H29NO5S. The molecule has 194 valence electrons. The molecule has 0 saturated heterocycles. The second-order valence-electron chi connectivity index (χ2n) is 9.17. The van der Waals surface area contributed by atoms with Crippen LogP contribution in [0.1, 0.15) is 22.7 Å². The molecule has 4 aromatic carbocycles. The molecule has 6 nitrogen and oxygen atoms in total. The summed E-state index contributed by atoms with van der Waals surface area (Å²) in [6.45, 7) is 1.86. The summed E-state index contributed by atoms with van der Waals surface area (Å²) in [5, 5.41) is 12.3. The van der Waals surface area contributed by atoms with Crippen molar-refractivity contribution in [3.63, 3.8) is 0 Å². The lowest BCUT2D eigenvalue weighted by Gasteiger charge is -2.26. The van der Waals surface area contributed by atoms with Crippen LogP contribution in [0.4, 0.5) is 0 Å². The van der Waals surface area contributed by atoms with Gasteiger partial charge >= 0.3 is 0 Å². The van der Waals surface area contributed by atoms with Crippen LogP contribution in [0, 0.1) is 6.92 Å². The topological polar surface area (TPSA) is 77.8 Å². The van der Waals surface area contributed by atoms with E-state index in [2.05, 4.69) is 0 Å². The van der Waals surface area contributed by atoms with Crippen LogP contribution in [0.3, 0.4) is 0 Å². The van der Waals surface area contributed by atoms with Crippen LogP contribution < -0.4 is 4.74 Å². The molecule has 0 bridgehead atoms. The molecule has 0 aliphatic carbocycles. The molecule has 0 amide bonds. The fourth-order valence-electron chi connectivity index (χ4n) is 4.51. The van der Waals surface area contributed by atoms with Gasteiger partial charge in [-0.3, -0.25) is 4.18 Å². The maximum absolute atomic E-state index is 12.8. The van der Waals surface area contributed by atoms with Crippen molar-refractivity contribution in [2.24, 2.45) is 0 Å². The van der Waals surface area contributed by atoms with E-state index in [1.54, 1.807) is 12.1 Å². The van der Waals surface area contributed by atoms with Crippen molar-refractivity contribution in [3.8, 4) is 5.75 Å². The zero-order valence-corrected chi connectivity index (χ0v) is 21.8. The largest absolute Gasteiger partial charge is 0.487 e. The number of para-hydroxylation sites is 1. The van der Waals surface area contributed by atoms with Crippen LogP contribution in [0.5, 0.6) is 5.75 Å². The Morgan fingerprint density at radius 3 is 2.21 bits per heavy atom. The minimum Gasteiger partial charge on any atom is -0.487 e. The molecule has 1 aromatic heterocycles. The highest BCUT2D eigenvalue weighted by molar-refractivity contribution is 7.86. The van der Waals surface area contributed by atoms with Crippen molar-refractivity contribution in [1.29, 1.82) is 0 Å². The predicted molar refractivity (Wildman–Crippen MR) is 148 cm³/mol. The zero-order chi connectivity index (χ0) is 26.5. The summed E-state index contributed by atoms with van der Waals surface area (Å²) in [5.41, 5.74) is 3.60. The van der Waals surface area contributed by atoms with E-state index in [9.17, 15) is 13.5 Å². The third-order valence-electron chi connectivity index (χ3n) is 6.45. The quantitative estimate of drug-likeness (QED) is 0.229. The summed E-state index contributed by atoms with van der Waals surface area (Å²) in [6.07, 6.45) is 0.713. The minimum absolute atomic E-state index is 0.0505. The van der Waals surface area contributed by atoms with Gasteiger partial charge in [-0.2, -0.15) is 8.42 Å². The predicted octanol–water partition coefficient (Wildman–Crippen LogP) is 5.88. The number of hydrogen-bond acceptors (Lipinski definition) is 5. The van der Waals surface area contributed by atoms with Crippen LogP contribution in [0.15, 0.2) is 120 Å². The summed E-state index contributed by atoms with van der Waals surface area (Å²) in [7, 11) is -4.04. The third-order valence-corrected chi connectivity index (χ3v) is 7.75. The summed E-state index contributed by atoms with van der Waals surface area (Å²) in [6, 6.07) is 32.9. The van der Waals surface area contributed by atoms with Crippen LogP contribution >= 0.6 is 0 Å². The van der Waals surface area contributed by atoms with Crippen LogP contribution in [-0.2, 0) is 20.9 Å². The van der Waals surface area contributed by atoms with E-state index in [0.717, 1.165) is 27.6 Å². The van der Waals surface area contributed by atoms with Gasteiger partial charge in [0.05, 0.1) is 23.1 Å². The molecule has 0 aliphatic heterocycles. The highest BCUT2D eigenvalue weighted by Crippen LogP contribution is 2.34. The highest BCUT2D eigenvalue weighted by Gasteiger charge is 2.28. The lowest BCUT2D eigenvalue weighted by atomic mass is 10.0. The number of rotatable bonds is 10. The molecule has 0 saturated carbocycles. The van der Waals surface area contributed by atoms with Gasteiger partial charge in [0.15, 0.2) is 0 Å². The van der Waals surface area contributed by atoms with Gasteiger partial charge in [-0.05, 0) is 42.3 Å². The molecule has 0 radical (unpaired) electrons. The summed E-state index contributed by atoms with van der Waals surface area (Å²) in [4.78, 5) is 0.0505. The first-order valence-corrected chi connectivity index (χ1v) is 13.8. The average Bonchev–Trinajstić information content (AvgIpc) is 3.37. The van der Waals surface area contributed by atoms with Gasteiger partial charge in [-0.1, -0.05) is 90.5 Å². The standard InChI is InChI=1S/C31H29NO5S/c1-23-15-17-27(18-16-23)38(34,35)37-22-28(33)30(25-11-6-3-7-12-25)32-20-19-26-13-8-14-29(31(26)32)36-21-24-9-4-2-5-10-24/h2-20,28,30,33H,21-22H2,1H3. The Balaban J connectivity index is 1.47. The van der Waals surface area contributed by atoms with Crippen molar-refractivity contribution >= 4 is 21.0 Å². The van der Waals surface area contributed by atoms with Crippen molar-refractivity contribution in [1.82, 2.24) is 4.57 Å². The van der Waals surface area contributed by atoms with E-state index >= 15 is 0 Å². The fraction of sp³-hybridized carbons (Fsp3) is 0.161. The first kappa shape index (κ1) is 25.7. The number of fused-ring (bicyclic) bond motifs is 1. The van der Waals surface area contributed by atoms with E-state index in [0.29, 0.717) is 12.4 Å². The van der Waals surface area contributed by atoms with Crippen molar-refractivity contribution < 1.29 is 22.4 Å². The number of nitrogens with zero attached hydrogens (tertiary/aromatic N) is 1. The molecule has 5 rings (SSSR count). The summed E-state index contributed by atoms with van der Waals surface area (Å²) in [5.74, 6) is 0.665. The molecule has 1 N–H and O–H groups in total. The fourth-order valence-corrected chi connectivity index (χ4v) is 5.43. The Bertz CT molecular complexity index is 1600. The number of aryl methyl sites for hydroxylation is 1. The van der Waals surface area contributed by atoms with Crippen LogP contribution in [0.25, 0.3) is 10.9 Å². The first-order chi connectivity index (χ1) is 18.4. The van der Waals surface area contributed by atoms with E-state index in [-0.39, 0.29) is 4.90 Å². The Morgan fingerprint density at radius 1 is 0.816 bits per heavy atom. The van der Waals surface area contributed by atoms with Gasteiger partial charge in [-0.25, -0.2) is 0 Å². The number of aliphatic hydroxyl groups is 1. The monoisotopic (exact) mass is 527 g/mol. The van der Waals surface area contributed by atoms with Gasteiger partial charge in [0.2, 0.25) is 0 Å². The summed E-state index contributed by atoms with van der Waals surface area (Å²) < 4.78 is 39.1. The van der Waals surface area contributed by atoms with Gasteiger partial charge in [0, 0.05) is 11.6 Å². The Hall–Kier alpha value is -3.91. The average molecular weight is 528 g/mol. The van der Waals surface area contributed by atoms with Gasteiger partial charge < -0.3 is 14.4 Å². The van der Waals surface area contributed by atoms with E-state index < -0.39 is 28.9 Å². The first-order valence-electron chi connectivity index (χ1n) is 12.4. The molecule has 5 aromatic rings. The lowest BCUT2D eigenvalue weighted by molar-refractivity contribution is 0.0783. The molecule has 0 aliphatic rings. The molecule has 0 spiro atoms. The number of benzene rings is 4. The van der Waals surface area contributed by atoms with E-state index in [1.807, 2.05) is 103 Å². The van der Waals surface area contributed by atoms with Gasteiger partial charge in [0.25, 0.3) is 10.1 Å². The van der Waals surface area contributed by atoms with E-state index in [1.165, 1.54) is 12.1 Å². The van der Waals surface area contributed by atoms with Crippen molar-refractivity contribution in [3.05, 3.63) is 132 Å². The Morgan fingerprint density at radius 2 is 1.50 bits per heavy atom. The molecule has 38 heavy (non-hydrogen) atoms. The van der Waals surface area contributed by atoms with Gasteiger partial charge in [-0.15, -0.1) is 0 Å². The lowest BCUT2D eigenvalue weighted by Crippen LogP contribution is -2.30. The molecule has 0 fully saturated rings. The second-order valence-corrected chi connectivity index (χ2v) is 10.8. The summed E-state index contributed by atoms with van der Waals surface area (Å²) >= 11 is 0. The number of ether oxygens (including phenoxy) is 1. The Kier molecular flexibility index (Phi) is 7.60. The molecule has 7 heteroatoms. The second kappa shape index (κ2) is 11.2. The third kappa shape index (κ3) is 5.65. The van der Waals surface area contributed by atoms with Crippen molar-refractivity contribution in [2.75, 3.05) is 6.61 Å². The van der Waals surface area contributed by atoms with E-state index in [4.69, 9.17) is 8.92 Å². The van der Waals surface area contributed by atoms with Gasteiger partial charge in [0.1, 0.15) is 18.5 Å². The zero-order valence-electron chi connectivity index (χ0n) is 21.0. The minimum atomic E-state index is -4.04. The Labute approximate surface area is 222 Å². The maximum Gasteiger partial charge on any atom is 0.297 e. The smallest absolute Gasteiger partial charge is 0.297 e. The SMILES string of the molecule is Cc1ccc(S(=O)(=O)OCC(O)C(c2ccccc2)n2ccc3cccc(OCc4ccccc4)c32)cc1. The van der Waals surface area contributed by atoms with Crippen molar-refractivity contribution in [2.45, 2.75) is 30.6 Å². The molecular weight excluding hydrogens is 498 g/mol. The van der Waals surface area contributed by atoms with Crippen LogP contribution in [0.2, 0.25) is 0 Å². The number of aromatic nitrogens is 1. The van der Waals surface area contributed by atoms with Crippen LogP contribution in [-0.4, -0.2) is 30.8 Å². The molecule has 2 atom stereocenters. The normalized spacial score (nSPS) is 13.3. The molecule has 1 heterocycles. The number of aliphatic hydroxyl groups excluding tert-OH is 1.